The molecule has 1 aromatic carbocycles. The fourth-order valence-electron chi connectivity index (χ4n) is 1.87. The van der Waals surface area contributed by atoms with Gasteiger partial charge in [0, 0.05) is 13.1 Å². The van der Waals surface area contributed by atoms with Gasteiger partial charge in [0.05, 0.1) is 12.7 Å². The van der Waals surface area contributed by atoms with Crippen LogP contribution in [0.4, 0.5) is 5.88 Å². The van der Waals surface area contributed by atoms with E-state index in [4.69, 9.17) is 9.52 Å². The average Bonchev–Trinajstić information content (AvgIpc) is 2.97. The molecule has 1 N–H and O–H groups in total. The summed E-state index contributed by atoms with van der Waals surface area (Å²) in [6.07, 6.45) is 0. The Morgan fingerprint density at radius 2 is 1.95 bits per heavy atom. The van der Waals surface area contributed by atoms with Crippen LogP contribution >= 0.6 is 0 Å². The molecule has 0 saturated carbocycles. The number of aliphatic hydroxyl groups is 1. The van der Waals surface area contributed by atoms with Crippen molar-refractivity contribution in [2.24, 2.45) is 0 Å². The molecule has 0 aliphatic heterocycles. The summed E-state index contributed by atoms with van der Waals surface area (Å²) in [5.41, 5.74) is 0.889. The Morgan fingerprint density at radius 3 is 2.52 bits per heavy atom. The average molecular weight is 290 g/mol. The molecule has 0 atom stereocenters. The van der Waals surface area contributed by atoms with Crippen LogP contribution in [0.1, 0.15) is 16.1 Å². The van der Waals surface area contributed by atoms with E-state index in [0.717, 1.165) is 11.6 Å². The first kappa shape index (κ1) is 14.7. The van der Waals surface area contributed by atoms with E-state index in [2.05, 4.69) is 0 Å². The maximum Gasteiger partial charge on any atom is 0.433 e. The van der Waals surface area contributed by atoms with Gasteiger partial charge in [0.2, 0.25) is 0 Å². The molecule has 0 fully saturated rings. The number of nitrogens with zero attached hydrogens (tertiary/aromatic N) is 2. The molecule has 1 amide bonds. The van der Waals surface area contributed by atoms with Crippen molar-refractivity contribution in [3.05, 3.63) is 63.9 Å². The highest BCUT2D eigenvalue weighted by molar-refractivity contribution is 5.91. The van der Waals surface area contributed by atoms with Crippen LogP contribution in [0.5, 0.6) is 0 Å². The first-order valence-corrected chi connectivity index (χ1v) is 6.30. The van der Waals surface area contributed by atoms with Gasteiger partial charge in [-0.2, -0.15) is 0 Å². The van der Waals surface area contributed by atoms with Crippen LogP contribution in [-0.2, 0) is 6.54 Å². The highest BCUT2D eigenvalue weighted by atomic mass is 16.6. The zero-order chi connectivity index (χ0) is 15.2. The molecule has 1 heterocycles. The summed E-state index contributed by atoms with van der Waals surface area (Å²) in [5.74, 6) is -1.10. The van der Waals surface area contributed by atoms with Gasteiger partial charge in [0.25, 0.3) is 5.91 Å². The Balaban J connectivity index is 2.16. The van der Waals surface area contributed by atoms with Crippen LogP contribution < -0.4 is 0 Å². The lowest BCUT2D eigenvalue weighted by Gasteiger charge is -2.20. The summed E-state index contributed by atoms with van der Waals surface area (Å²) >= 11 is 0. The van der Waals surface area contributed by atoms with Crippen LogP contribution in [-0.4, -0.2) is 34.0 Å². The van der Waals surface area contributed by atoms with Gasteiger partial charge in [-0.15, -0.1) is 0 Å². The third-order valence-corrected chi connectivity index (χ3v) is 2.86. The number of benzene rings is 1. The number of rotatable bonds is 6. The Morgan fingerprint density at radius 1 is 1.24 bits per heavy atom. The van der Waals surface area contributed by atoms with Crippen molar-refractivity contribution in [2.45, 2.75) is 6.54 Å². The van der Waals surface area contributed by atoms with Gasteiger partial charge in [-0.05, 0) is 11.6 Å². The monoisotopic (exact) mass is 290 g/mol. The molecule has 7 nitrogen and oxygen atoms in total. The molecule has 0 unspecified atom stereocenters. The summed E-state index contributed by atoms with van der Waals surface area (Å²) in [6, 6.07) is 11.6. The molecule has 0 bridgehead atoms. The zero-order valence-corrected chi connectivity index (χ0v) is 11.1. The lowest BCUT2D eigenvalue weighted by atomic mass is 10.2. The van der Waals surface area contributed by atoms with E-state index >= 15 is 0 Å². The normalized spacial score (nSPS) is 10.3. The van der Waals surface area contributed by atoms with E-state index in [9.17, 15) is 14.9 Å². The van der Waals surface area contributed by atoms with Crippen molar-refractivity contribution in [3.63, 3.8) is 0 Å². The minimum absolute atomic E-state index is 0.113. The minimum Gasteiger partial charge on any atom is -0.395 e. The van der Waals surface area contributed by atoms with Gasteiger partial charge in [0.15, 0.2) is 5.76 Å². The molecular formula is C14H14N2O5. The molecule has 2 rings (SSSR count). The van der Waals surface area contributed by atoms with Gasteiger partial charge < -0.3 is 14.4 Å². The number of furan rings is 1. The number of aliphatic hydroxyl groups excluding tert-OH is 1. The maximum atomic E-state index is 12.3. The van der Waals surface area contributed by atoms with Crippen LogP contribution in [0.15, 0.2) is 46.9 Å². The van der Waals surface area contributed by atoms with Gasteiger partial charge in [0.1, 0.15) is 4.92 Å². The number of hydrogen-bond acceptors (Lipinski definition) is 5. The summed E-state index contributed by atoms with van der Waals surface area (Å²) in [7, 11) is 0. The summed E-state index contributed by atoms with van der Waals surface area (Å²) in [6.45, 7) is 0.193. The molecule has 0 aliphatic rings. The lowest BCUT2D eigenvalue weighted by molar-refractivity contribution is -0.402. The van der Waals surface area contributed by atoms with Gasteiger partial charge in [-0.3, -0.25) is 14.9 Å². The second-order valence-corrected chi connectivity index (χ2v) is 4.33. The Kier molecular flexibility index (Phi) is 4.68. The van der Waals surface area contributed by atoms with Crippen LogP contribution in [0.2, 0.25) is 0 Å². The lowest BCUT2D eigenvalue weighted by Crippen LogP contribution is -2.32. The first-order valence-electron chi connectivity index (χ1n) is 6.30. The van der Waals surface area contributed by atoms with Crippen molar-refractivity contribution in [1.82, 2.24) is 4.90 Å². The fourth-order valence-corrected chi connectivity index (χ4v) is 1.87. The molecule has 0 radical (unpaired) electrons. The summed E-state index contributed by atoms with van der Waals surface area (Å²) in [5, 5.41) is 19.6. The topological polar surface area (TPSA) is 96.8 Å². The Bertz CT molecular complexity index is 623. The zero-order valence-electron chi connectivity index (χ0n) is 11.1. The van der Waals surface area contributed by atoms with Crippen molar-refractivity contribution in [2.75, 3.05) is 13.2 Å². The highest BCUT2D eigenvalue weighted by Crippen LogP contribution is 2.18. The second kappa shape index (κ2) is 6.67. The fraction of sp³-hybridized carbons (Fsp3) is 0.214. The largest absolute Gasteiger partial charge is 0.433 e. The maximum absolute atomic E-state index is 12.3. The van der Waals surface area contributed by atoms with Crippen LogP contribution in [0, 0.1) is 10.1 Å². The SMILES string of the molecule is O=C(c1ccc([N+](=O)[O-])o1)N(CCO)Cc1ccccc1. The van der Waals surface area contributed by atoms with Crippen LogP contribution in [0.25, 0.3) is 0 Å². The predicted octanol–water partition coefficient (Wildman–Crippen LogP) is 1.82. The number of amides is 1. The number of carbonyl (C=O) groups is 1. The quantitative estimate of drug-likeness (QED) is 0.646. The Hall–Kier alpha value is -2.67. The van der Waals surface area contributed by atoms with E-state index in [0.29, 0.717) is 0 Å². The van der Waals surface area contributed by atoms with Gasteiger partial charge in [-0.25, -0.2) is 0 Å². The molecule has 2 aromatic rings. The van der Waals surface area contributed by atoms with Crippen molar-refractivity contribution in [1.29, 1.82) is 0 Å². The molecule has 21 heavy (non-hydrogen) atoms. The summed E-state index contributed by atoms with van der Waals surface area (Å²) < 4.78 is 4.90. The molecular weight excluding hydrogens is 276 g/mol. The third kappa shape index (κ3) is 3.67. The number of hydrogen-bond donors (Lipinski definition) is 1. The molecule has 110 valence electrons. The van der Waals surface area contributed by atoms with E-state index in [1.165, 1.54) is 11.0 Å². The second-order valence-electron chi connectivity index (χ2n) is 4.33. The third-order valence-electron chi connectivity index (χ3n) is 2.86. The smallest absolute Gasteiger partial charge is 0.395 e. The standard InChI is InChI=1S/C14H14N2O5/c17-9-8-15(10-11-4-2-1-3-5-11)14(18)12-6-7-13(21-12)16(19)20/h1-7,17H,8-10H2. The predicted molar refractivity (Wildman–Crippen MR) is 73.6 cm³/mol. The highest BCUT2D eigenvalue weighted by Gasteiger charge is 2.22. The van der Waals surface area contributed by atoms with E-state index in [-0.39, 0.29) is 25.5 Å². The van der Waals surface area contributed by atoms with Gasteiger partial charge >= 0.3 is 5.88 Å². The molecule has 0 spiro atoms. The van der Waals surface area contributed by atoms with Crippen molar-refractivity contribution >= 4 is 11.8 Å². The van der Waals surface area contributed by atoms with E-state index in [1.54, 1.807) is 0 Å². The molecule has 7 heteroatoms. The minimum atomic E-state index is -0.704. The van der Waals surface area contributed by atoms with Crippen LogP contribution in [0.3, 0.4) is 0 Å². The first-order chi connectivity index (χ1) is 10.1. The molecule has 0 saturated heterocycles. The molecule has 0 aliphatic carbocycles. The van der Waals surface area contributed by atoms with Crippen molar-refractivity contribution < 1.29 is 19.2 Å². The molecule has 1 aromatic heterocycles. The van der Waals surface area contributed by atoms with Crippen molar-refractivity contribution in [3.8, 4) is 0 Å². The van der Waals surface area contributed by atoms with E-state index < -0.39 is 16.7 Å². The van der Waals surface area contributed by atoms with E-state index in [1.807, 2.05) is 30.3 Å². The number of carbonyl (C=O) groups excluding carboxylic acids is 1. The Labute approximate surface area is 120 Å². The summed E-state index contributed by atoms with van der Waals surface area (Å²) in [4.78, 5) is 23.5. The van der Waals surface area contributed by atoms with Gasteiger partial charge in [-0.1, -0.05) is 30.3 Å². The number of nitro groups is 1.